The van der Waals surface area contributed by atoms with Gasteiger partial charge in [-0.25, -0.2) is 0 Å². The van der Waals surface area contributed by atoms with Crippen molar-refractivity contribution in [2.24, 2.45) is 0 Å². The predicted octanol–water partition coefficient (Wildman–Crippen LogP) is 4.03. The van der Waals surface area contributed by atoms with Crippen LogP contribution in [0.3, 0.4) is 0 Å². The molecule has 0 unspecified atom stereocenters. The zero-order valence-electron chi connectivity index (χ0n) is 15.2. The zero-order chi connectivity index (χ0) is 18.9. The lowest BCUT2D eigenvalue weighted by Crippen LogP contribution is -2.28. The van der Waals surface area contributed by atoms with Crippen LogP contribution in [0.15, 0.2) is 59.1 Å². The van der Waals surface area contributed by atoms with Crippen LogP contribution in [-0.4, -0.2) is 25.3 Å². The van der Waals surface area contributed by atoms with E-state index in [0.717, 1.165) is 24.2 Å². The lowest BCUT2D eigenvalue weighted by molar-refractivity contribution is -0.118. The Morgan fingerprint density at radius 2 is 1.74 bits per heavy atom. The number of benzene rings is 2. The van der Waals surface area contributed by atoms with Crippen LogP contribution in [0.2, 0.25) is 0 Å². The molecular weight excluding hydrogens is 344 g/mol. The molecule has 0 atom stereocenters. The Hall–Kier alpha value is -3.28. The number of nitrogens with zero attached hydrogens (tertiary/aromatic N) is 1. The second-order valence-electron chi connectivity index (χ2n) is 6.58. The summed E-state index contributed by atoms with van der Waals surface area (Å²) in [5.41, 5.74) is 1.57. The minimum absolute atomic E-state index is 0.0822. The first-order valence-corrected chi connectivity index (χ1v) is 8.72. The molecule has 0 bridgehead atoms. The number of amides is 1. The van der Waals surface area contributed by atoms with E-state index < -0.39 is 5.41 Å². The van der Waals surface area contributed by atoms with Crippen molar-refractivity contribution in [3.8, 4) is 22.8 Å². The number of nitrogens with one attached hydrogen (secondary N) is 1. The fourth-order valence-corrected chi connectivity index (χ4v) is 3.09. The highest BCUT2D eigenvalue weighted by atomic mass is 16.5. The molecule has 1 aliphatic carbocycles. The molecule has 1 aliphatic rings. The van der Waals surface area contributed by atoms with Gasteiger partial charge in [0.15, 0.2) is 5.76 Å². The molecular formula is C21H20N2O4. The summed E-state index contributed by atoms with van der Waals surface area (Å²) in [5.74, 6) is 1.97. The largest absolute Gasteiger partial charge is 0.497 e. The van der Waals surface area contributed by atoms with Gasteiger partial charge >= 0.3 is 0 Å². The van der Waals surface area contributed by atoms with Gasteiger partial charge in [-0.05, 0) is 37.1 Å². The van der Waals surface area contributed by atoms with Gasteiger partial charge in [0.25, 0.3) is 0 Å². The number of rotatable bonds is 6. The molecule has 1 heterocycles. The molecule has 1 N–H and O–H groups in total. The highest BCUT2D eigenvalue weighted by Crippen LogP contribution is 2.49. The quantitative estimate of drug-likeness (QED) is 0.715. The molecule has 6 nitrogen and oxygen atoms in total. The normalized spacial score (nSPS) is 14.4. The SMILES string of the molecule is COc1cccc(NC(=O)C2(c3cc(-c4cccc(OC)c4)on3)CC2)c1. The van der Waals surface area contributed by atoms with E-state index in [-0.39, 0.29) is 5.91 Å². The second kappa shape index (κ2) is 6.79. The topological polar surface area (TPSA) is 73.6 Å². The minimum Gasteiger partial charge on any atom is -0.497 e. The van der Waals surface area contributed by atoms with Crippen molar-refractivity contribution in [1.82, 2.24) is 5.16 Å². The van der Waals surface area contributed by atoms with Crippen LogP contribution in [0.4, 0.5) is 5.69 Å². The smallest absolute Gasteiger partial charge is 0.236 e. The summed E-state index contributed by atoms with van der Waals surface area (Å²) in [4.78, 5) is 12.9. The van der Waals surface area contributed by atoms with Crippen molar-refractivity contribution in [1.29, 1.82) is 0 Å². The van der Waals surface area contributed by atoms with Crippen LogP contribution in [0.1, 0.15) is 18.5 Å². The molecule has 27 heavy (non-hydrogen) atoms. The van der Waals surface area contributed by atoms with Crippen molar-refractivity contribution in [3.05, 3.63) is 60.3 Å². The number of methoxy groups -OCH3 is 2. The van der Waals surface area contributed by atoms with E-state index in [1.807, 2.05) is 48.5 Å². The van der Waals surface area contributed by atoms with E-state index in [9.17, 15) is 4.79 Å². The van der Waals surface area contributed by atoms with Gasteiger partial charge in [-0.3, -0.25) is 4.79 Å². The molecule has 1 saturated carbocycles. The lowest BCUT2D eigenvalue weighted by Gasteiger charge is -2.13. The summed E-state index contributed by atoms with van der Waals surface area (Å²) in [7, 11) is 3.21. The molecule has 0 saturated heterocycles. The first-order chi connectivity index (χ1) is 13.1. The monoisotopic (exact) mass is 364 g/mol. The number of hydrogen-bond acceptors (Lipinski definition) is 5. The molecule has 0 radical (unpaired) electrons. The van der Waals surface area contributed by atoms with Gasteiger partial charge in [0, 0.05) is 23.4 Å². The van der Waals surface area contributed by atoms with Gasteiger partial charge in [-0.2, -0.15) is 0 Å². The molecule has 3 aromatic rings. The fourth-order valence-electron chi connectivity index (χ4n) is 3.09. The number of carbonyl (C=O) groups excluding carboxylic acids is 1. The van der Waals surface area contributed by atoms with Gasteiger partial charge in [0.05, 0.1) is 25.3 Å². The minimum atomic E-state index is -0.635. The van der Waals surface area contributed by atoms with Crippen molar-refractivity contribution < 1.29 is 18.8 Å². The molecule has 6 heteroatoms. The predicted molar refractivity (Wildman–Crippen MR) is 101 cm³/mol. The van der Waals surface area contributed by atoms with Crippen LogP contribution < -0.4 is 14.8 Å². The van der Waals surface area contributed by atoms with Crippen LogP contribution in [0.5, 0.6) is 11.5 Å². The molecule has 1 fully saturated rings. The summed E-state index contributed by atoms with van der Waals surface area (Å²) in [6.07, 6.45) is 1.49. The zero-order valence-corrected chi connectivity index (χ0v) is 15.2. The number of carbonyl (C=O) groups is 1. The maximum absolute atomic E-state index is 12.9. The molecule has 0 spiro atoms. The number of anilines is 1. The van der Waals surface area contributed by atoms with Gasteiger partial charge in [0.2, 0.25) is 5.91 Å². The highest BCUT2D eigenvalue weighted by Gasteiger charge is 2.53. The van der Waals surface area contributed by atoms with Gasteiger partial charge < -0.3 is 19.3 Å². The van der Waals surface area contributed by atoms with Gasteiger partial charge in [0.1, 0.15) is 11.5 Å². The summed E-state index contributed by atoms with van der Waals surface area (Å²) in [6.45, 7) is 0. The third kappa shape index (κ3) is 3.26. The Bertz CT molecular complexity index is 976. The molecule has 1 amide bonds. The molecule has 1 aromatic heterocycles. The molecule has 2 aromatic carbocycles. The van der Waals surface area contributed by atoms with Crippen molar-refractivity contribution in [2.45, 2.75) is 18.3 Å². The van der Waals surface area contributed by atoms with E-state index in [1.165, 1.54) is 0 Å². The average Bonchev–Trinajstić information content (AvgIpc) is 3.38. The number of hydrogen-bond donors (Lipinski definition) is 1. The van der Waals surface area contributed by atoms with Crippen LogP contribution in [0.25, 0.3) is 11.3 Å². The van der Waals surface area contributed by atoms with Crippen LogP contribution in [-0.2, 0) is 10.2 Å². The number of aromatic nitrogens is 1. The third-order valence-corrected chi connectivity index (χ3v) is 4.87. The van der Waals surface area contributed by atoms with Gasteiger partial charge in [-0.15, -0.1) is 0 Å². The summed E-state index contributed by atoms with van der Waals surface area (Å²) in [5, 5.41) is 7.14. The first-order valence-electron chi connectivity index (χ1n) is 8.72. The Labute approximate surface area is 157 Å². The van der Waals surface area contributed by atoms with E-state index >= 15 is 0 Å². The lowest BCUT2D eigenvalue weighted by atomic mass is 10.00. The Kier molecular flexibility index (Phi) is 4.32. The molecule has 138 valence electrons. The molecule has 4 rings (SSSR count). The van der Waals surface area contributed by atoms with E-state index in [2.05, 4.69) is 10.5 Å². The van der Waals surface area contributed by atoms with Crippen LogP contribution >= 0.6 is 0 Å². The van der Waals surface area contributed by atoms with Crippen molar-refractivity contribution in [2.75, 3.05) is 19.5 Å². The summed E-state index contributed by atoms with van der Waals surface area (Å²) < 4.78 is 16.0. The summed E-state index contributed by atoms with van der Waals surface area (Å²) >= 11 is 0. The number of ether oxygens (including phenoxy) is 2. The summed E-state index contributed by atoms with van der Waals surface area (Å²) in [6, 6.07) is 16.7. The van der Waals surface area contributed by atoms with Gasteiger partial charge in [-0.1, -0.05) is 23.4 Å². The highest BCUT2D eigenvalue weighted by molar-refractivity contribution is 6.01. The van der Waals surface area contributed by atoms with Crippen LogP contribution in [0, 0.1) is 0 Å². The second-order valence-corrected chi connectivity index (χ2v) is 6.58. The fraction of sp³-hybridized carbons (Fsp3) is 0.238. The first kappa shape index (κ1) is 17.1. The molecule has 0 aliphatic heterocycles. The van der Waals surface area contributed by atoms with Crippen molar-refractivity contribution in [3.63, 3.8) is 0 Å². The Morgan fingerprint density at radius 3 is 2.44 bits per heavy atom. The average molecular weight is 364 g/mol. The standard InChI is InChI=1S/C21H20N2O4/c1-25-16-7-3-5-14(11-16)18-13-19(23-27-18)21(9-10-21)20(24)22-15-6-4-8-17(12-15)26-2/h3-8,11-13H,9-10H2,1-2H3,(H,22,24). The van der Waals surface area contributed by atoms with E-state index in [4.69, 9.17) is 14.0 Å². The van der Waals surface area contributed by atoms with E-state index in [1.54, 1.807) is 20.3 Å². The maximum Gasteiger partial charge on any atom is 0.236 e. The Morgan fingerprint density at radius 1 is 1.04 bits per heavy atom. The van der Waals surface area contributed by atoms with Crippen molar-refractivity contribution >= 4 is 11.6 Å². The van der Waals surface area contributed by atoms with E-state index in [0.29, 0.717) is 22.9 Å². The third-order valence-electron chi connectivity index (χ3n) is 4.87. The Balaban J connectivity index is 1.56. The maximum atomic E-state index is 12.9.